The van der Waals surface area contributed by atoms with Crippen molar-refractivity contribution < 1.29 is 18.7 Å². The number of nitrogen functional groups attached to an aromatic ring is 1. The summed E-state index contributed by atoms with van der Waals surface area (Å²) in [6, 6.07) is 8.59. The number of benzene rings is 2. The molecule has 0 heterocycles. The van der Waals surface area contributed by atoms with Crippen molar-refractivity contribution >= 4 is 17.3 Å². The van der Waals surface area contributed by atoms with Crippen LogP contribution in [0.3, 0.4) is 0 Å². The molecule has 2 aromatic carbocycles. The molecule has 21 heavy (non-hydrogen) atoms. The number of carbonyl (C=O) groups excluding carboxylic acids is 1. The Kier molecular flexibility index (Phi) is 4.27. The molecule has 0 aliphatic rings. The number of hydrogen-bond donors (Lipinski definition) is 2. The molecule has 5 nitrogen and oxygen atoms in total. The van der Waals surface area contributed by atoms with Crippen molar-refractivity contribution in [2.24, 2.45) is 0 Å². The summed E-state index contributed by atoms with van der Waals surface area (Å²) in [5, 5.41) is 2.64. The van der Waals surface area contributed by atoms with Crippen molar-refractivity contribution in [1.29, 1.82) is 0 Å². The van der Waals surface area contributed by atoms with Crippen LogP contribution in [0.15, 0.2) is 36.4 Å². The number of methoxy groups -OCH3 is 2. The first-order chi connectivity index (χ1) is 10.0. The van der Waals surface area contributed by atoms with Crippen molar-refractivity contribution in [3.05, 3.63) is 47.8 Å². The Morgan fingerprint density at radius 2 is 1.67 bits per heavy atom. The van der Waals surface area contributed by atoms with Crippen LogP contribution in [-0.4, -0.2) is 20.1 Å². The molecule has 1 amide bonds. The van der Waals surface area contributed by atoms with Gasteiger partial charge in [0, 0.05) is 35.1 Å². The molecule has 0 spiro atoms. The largest absolute Gasteiger partial charge is 0.497 e. The molecule has 0 unspecified atom stereocenters. The average molecular weight is 290 g/mol. The van der Waals surface area contributed by atoms with Gasteiger partial charge in [-0.15, -0.1) is 0 Å². The van der Waals surface area contributed by atoms with E-state index >= 15 is 0 Å². The SMILES string of the molecule is COc1cc(NC(=O)c2cc(N)cc(F)c2)cc(OC)c1. The predicted molar refractivity (Wildman–Crippen MR) is 78.3 cm³/mol. The van der Waals surface area contributed by atoms with E-state index in [9.17, 15) is 9.18 Å². The fourth-order valence-electron chi connectivity index (χ4n) is 1.83. The Bertz CT molecular complexity index is 631. The van der Waals surface area contributed by atoms with Gasteiger partial charge in [-0.25, -0.2) is 4.39 Å². The van der Waals surface area contributed by atoms with E-state index in [1.807, 2.05) is 0 Å². The van der Waals surface area contributed by atoms with Crippen LogP contribution in [-0.2, 0) is 0 Å². The van der Waals surface area contributed by atoms with Gasteiger partial charge < -0.3 is 20.5 Å². The summed E-state index contributed by atoms with van der Waals surface area (Å²) < 4.78 is 23.5. The molecule has 0 saturated heterocycles. The summed E-state index contributed by atoms with van der Waals surface area (Å²) in [4.78, 5) is 12.1. The monoisotopic (exact) mass is 290 g/mol. The lowest BCUT2D eigenvalue weighted by molar-refractivity contribution is 0.102. The summed E-state index contributed by atoms with van der Waals surface area (Å²) >= 11 is 0. The Morgan fingerprint density at radius 3 is 2.19 bits per heavy atom. The van der Waals surface area contributed by atoms with Crippen LogP contribution in [0.2, 0.25) is 0 Å². The maximum absolute atomic E-state index is 13.3. The molecule has 3 N–H and O–H groups in total. The maximum Gasteiger partial charge on any atom is 0.255 e. The second kappa shape index (κ2) is 6.13. The summed E-state index contributed by atoms with van der Waals surface area (Å²) in [5.41, 5.74) is 6.31. The molecule has 0 aromatic heterocycles. The first kappa shape index (κ1) is 14.6. The highest BCUT2D eigenvalue weighted by Gasteiger charge is 2.10. The lowest BCUT2D eigenvalue weighted by Gasteiger charge is -2.10. The van der Waals surface area contributed by atoms with Crippen molar-refractivity contribution in [3.63, 3.8) is 0 Å². The highest BCUT2D eigenvalue weighted by atomic mass is 19.1. The molecule has 0 aliphatic heterocycles. The summed E-state index contributed by atoms with van der Waals surface area (Å²) in [7, 11) is 3.02. The van der Waals surface area contributed by atoms with Gasteiger partial charge in [-0.05, 0) is 18.2 Å². The van der Waals surface area contributed by atoms with E-state index in [1.54, 1.807) is 18.2 Å². The lowest BCUT2D eigenvalue weighted by Crippen LogP contribution is -2.12. The molecule has 0 aliphatic carbocycles. The van der Waals surface area contributed by atoms with Crippen LogP contribution < -0.4 is 20.5 Å². The van der Waals surface area contributed by atoms with Crippen LogP contribution in [0, 0.1) is 5.82 Å². The minimum Gasteiger partial charge on any atom is -0.497 e. The molecular formula is C15H15FN2O3. The Morgan fingerprint density at radius 1 is 1.05 bits per heavy atom. The second-order valence-electron chi connectivity index (χ2n) is 4.33. The van der Waals surface area contributed by atoms with Gasteiger partial charge in [0.2, 0.25) is 0 Å². The van der Waals surface area contributed by atoms with Gasteiger partial charge >= 0.3 is 0 Å². The van der Waals surface area contributed by atoms with Gasteiger partial charge in [-0.1, -0.05) is 0 Å². The standard InChI is InChI=1S/C15H15FN2O3/c1-20-13-6-12(7-14(8-13)21-2)18-15(19)9-3-10(16)5-11(17)4-9/h3-8H,17H2,1-2H3,(H,18,19). The lowest BCUT2D eigenvalue weighted by atomic mass is 10.1. The zero-order chi connectivity index (χ0) is 15.4. The fraction of sp³-hybridized carbons (Fsp3) is 0.133. The smallest absolute Gasteiger partial charge is 0.255 e. The number of nitrogens with one attached hydrogen (secondary N) is 1. The average Bonchev–Trinajstić information content (AvgIpc) is 2.45. The first-order valence-corrected chi connectivity index (χ1v) is 6.12. The van der Waals surface area contributed by atoms with E-state index in [2.05, 4.69) is 5.32 Å². The number of ether oxygens (including phenoxy) is 2. The van der Waals surface area contributed by atoms with Gasteiger partial charge in [-0.2, -0.15) is 0 Å². The third-order valence-corrected chi connectivity index (χ3v) is 2.79. The topological polar surface area (TPSA) is 73.6 Å². The van der Waals surface area contributed by atoms with Gasteiger partial charge in [0.05, 0.1) is 14.2 Å². The van der Waals surface area contributed by atoms with E-state index in [1.165, 1.54) is 20.3 Å². The maximum atomic E-state index is 13.3. The molecule has 0 saturated carbocycles. The van der Waals surface area contributed by atoms with Crippen LogP contribution in [0.5, 0.6) is 11.5 Å². The molecule has 0 bridgehead atoms. The van der Waals surface area contributed by atoms with Gasteiger partial charge in [0.25, 0.3) is 5.91 Å². The van der Waals surface area contributed by atoms with Crippen molar-refractivity contribution in [3.8, 4) is 11.5 Å². The Balaban J connectivity index is 2.26. The van der Waals surface area contributed by atoms with E-state index in [-0.39, 0.29) is 11.3 Å². The van der Waals surface area contributed by atoms with Crippen LogP contribution in [0.4, 0.5) is 15.8 Å². The number of nitrogens with two attached hydrogens (primary N) is 1. The number of rotatable bonds is 4. The number of hydrogen-bond acceptors (Lipinski definition) is 4. The highest BCUT2D eigenvalue weighted by molar-refractivity contribution is 6.05. The molecule has 0 radical (unpaired) electrons. The Hall–Kier alpha value is -2.76. The van der Waals surface area contributed by atoms with Crippen molar-refractivity contribution in [1.82, 2.24) is 0 Å². The number of amides is 1. The highest BCUT2D eigenvalue weighted by Crippen LogP contribution is 2.26. The van der Waals surface area contributed by atoms with Gasteiger partial charge in [0.15, 0.2) is 0 Å². The minimum absolute atomic E-state index is 0.134. The van der Waals surface area contributed by atoms with E-state index < -0.39 is 11.7 Å². The van der Waals surface area contributed by atoms with E-state index in [0.29, 0.717) is 17.2 Å². The van der Waals surface area contributed by atoms with E-state index in [4.69, 9.17) is 15.2 Å². The first-order valence-electron chi connectivity index (χ1n) is 6.12. The summed E-state index contributed by atoms with van der Waals surface area (Å²) in [6.45, 7) is 0. The second-order valence-corrected chi connectivity index (χ2v) is 4.33. The summed E-state index contributed by atoms with van der Waals surface area (Å²) in [5.74, 6) is 0.0201. The third kappa shape index (κ3) is 3.62. The van der Waals surface area contributed by atoms with E-state index in [0.717, 1.165) is 12.1 Å². The molecule has 2 aromatic rings. The van der Waals surface area contributed by atoms with Crippen LogP contribution >= 0.6 is 0 Å². The molecule has 2 rings (SSSR count). The number of anilines is 2. The van der Waals surface area contributed by atoms with Gasteiger partial charge in [-0.3, -0.25) is 4.79 Å². The van der Waals surface area contributed by atoms with Crippen molar-refractivity contribution in [2.45, 2.75) is 0 Å². The summed E-state index contributed by atoms with van der Waals surface area (Å²) in [6.07, 6.45) is 0. The predicted octanol–water partition coefficient (Wildman–Crippen LogP) is 2.68. The molecular weight excluding hydrogens is 275 g/mol. The molecule has 0 atom stereocenters. The minimum atomic E-state index is -0.566. The fourth-order valence-corrected chi connectivity index (χ4v) is 1.83. The molecule has 0 fully saturated rings. The van der Waals surface area contributed by atoms with Crippen LogP contribution in [0.1, 0.15) is 10.4 Å². The zero-order valence-corrected chi connectivity index (χ0v) is 11.6. The van der Waals surface area contributed by atoms with Crippen LogP contribution in [0.25, 0.3) is 0 Å². The number of carbonyl (C=O) groups is 1. The number of halogens is 1. The molecule has 110 valence electrons. The normalized spacial score (nSPS) is 10.0. The Labute approximate surface area is 121 Å². The molecule has 6 heteroatoms. The zero-order valence-electron chi connectivity index (χ0n) is 11.6. The van der Waals surface area contributed by atoms with Crippen molar-refractivity contribution in [2.75, 3.05) is 25.3 Å². The quantitative estimate of drug-likeness (QED) is 0.849. The van der Waals surface area contributed by atoms with Gasteiger partial charge in [0.1, 0.15) is 17.3 Å². The third-order valence-electron chi connectivity index (χ3n) is 2.79.